The Bertz CT molecular complexity index is 683. The summed E-state index contributed by atoms with van der Waals surface area (Å²) in [5.74, 6) is -0.424. The van der Waals surface area contributed by atoms with Crippen molar-refractivity contribution in [1.29, 1.82) is 0 Å². The first-order chi connectivity index (χ1) is 9.76. The van der Waals surface area contributed by atoms with Crippen LogP contribution in [0.4, 0.5) is 0 Å². The molecule has 0 aromatic heterocycles. The average Bonchev–Trinajstić information content (AvgIpc) is 2.75. The lowest BCUT2D eigenvalue weighted by Crippen LogP contribution is -2.46. The summed E-state index contributed by atoms with van der Waals surface area (Å²) >= 11 is 0. The summed E-state index contributed by atoms with van der Waals surface area (Å²) in [7, 11) is -6.99. The topological polar surface area (TPSA) is 80.3 Å². The van der Waals surface area contributed by atoms with Crippen LogP contribution in [0, 0.1) is 0 Å². The molecule has 1 heterocycles. The maximum Gasteiger partial charge on any atom is 0.183 e. The van der Waals surface area contributed by atoms with Crippen LogP contribution in [0.25, 0.3) is 0 Å². The number of nitrogens with one attached hydrogen (secondary N) is 1. The maximum atomic E-state index is 12.7. The van der Waals surface area contributed by atoms with E-state index in [4.69, 9.17) is 0 Å². The van der Waals surface area contributed by atoms with Gasteiger partial charge in [0.05, 0.1) is 21.7 Å². The molecular weight excluding hydrogens is 310 g/mol. The van der Waals surface area contributed by atoms with E-state index in [9.17, 15) is 16.8 Å². The van der Waals surface area contributed by atoms with Crippen molar-refractivity contribution < 1.29 is 16.8 Å². The Morgan fingerprint density at radius 1 is 1.24 bits per heavy atom. The molecule has 21 heavy (non-hydrogen) atoms. The number of hydrogen-bond donors (Lipinski definition) is 1. The monoisotopic (exact) mass is 331 g/mol. The smallest absolute Gasteiger partial charge is 0.183 e. The molecule has 0 spiro atoms. The maximum absolute atomic E-state index is 12.7. The van der Waals surface area contributed by atoms with Crippen molar-refractivity contribution in [1.82, 2.24) is 5.32 Å². The van der Waals surface area contributed by atoms with Crippen LogP contribution in [0.2, 0.25) is 0 Å². The van der Waals surface area contributed by atoms with Crippen molar-refractivity contribution in [3.8, 4) is 0 Å². The molecule has 0 amide bonds. The Hall–Kier alpha value is -0.920. The molecule has 5 nitrogen and oxygen atoms in total. The van der Waals surface area contributed by atoms with Gasteiger partial charge in [0.2, 0.25) is 0 Å². The molecular formula is C14H21NO4S2. The van der Waals surface area contributed by atoms with Crippen LogP contribution >= 0.6 is 0 Å². The Morgan fingerprint density at radius 3 is 2.43 bits per heavy atom. The normalized spacial score (nSPS) is 26.6. The quantitative estimate of drug-likeness (QED) is 0.871. The second-order valence-electron chi connectivity index (χ2n) is 5.56. The molecule has 7 heteroatoms. The Balaban J connectivity index is 2.35. The Kier molecular flexibility index (Phi) is 4.75. The van der Waals surface area contributed by atoms with Gasteiger partial charge in [-0.05, 0) is 25.5 Å². The van der Waals surface area contributed by atoms with E-state index in [1.165, 1.54) is 12.1 Å². The first-order valence-electron chi connectivity index (χ1n) is 7.01. The fourth-order valence-corrected chi connectivity index (χ4v) is 7.24. The van der Waals surface area contributed by atoms with Gasteiger partial charge in [0, 0.05) is 12.1 Å². The number of hydrogen-bond acceptors (Lipinski definition) is 5. The lowest BCUT2D eigenvalue weighted by atomic mass is 10.2. The molecule has 3 atom stereocenters. The molecule has 0 radical (unpaired) electrons. The highest BCUT2D eigenvalue weighted by molar-refractivity contribution is 7.96. The predicted molar refractivity (Wildman–Crippen MR) is 82.7 cm³/mol. The highest BCUT2D eigenvalue weighted by Gasteiger charge is 2.45. The number of rotatable bonds is 5. The van der Waals surface area contributed by atoms with Crippen molar-refractivity contribution in [2.24, 2.45) is 0 Å². The van der Waals surface area contributed by atoms with Crippen LogP contribution in [-0.4, -0.2) is 45.7 Å². The zero-order valence-electron chi connectivity index (χ0n) is 12.2. The molecule has 1 aromatic rings. The molecule has 2 rings (SSSR count). The van der Waals surface area contributed by atoms with Crippen LogP contribution in [0.15, 0.2) is 35.2 Å². The minimum absolute atomic E-state index is 0.0803. The van der Waals surface area contributed by atoms with Gasteiger partial charge in [-0.25, -0.2) is 16.8 Å². The highest BCUT2D eigenvalue weighted by atomic mass is 32.2. The molecule has 1 saturated heterocycles. The van der Waals surface area contributed by atoms with Gasteiger partial charge in [0.1, 0.15) is 0 Å². The van der Waals surface area contributed by atoms with E-state index in [1.54, 1.807) is 18.2 Å². The third kappa shape index (κ3) is 3.64. The lowest BCUT2D eigenvalue weighted by molar-refractivity contribution is 0.456. The van der Waals surface area contributed by atoms with Crippen LogP contribution in [0.3, 0.4) is 0 Å². The van der Waals surface area contributed by atoms with Crippen molar-refractivity contribution in [2.75, 3.05) is 11.5 Å². The van der Waals surface area contributed by atoms with Gasteiger partial charge < -0.3 is 5.32 Å². The standard InChI is InChI=1S/C14H21NO4S2/c1-3-11(2)15-13-9-20(16,17)10-14(13)21(18,19)12-7-5-4-6-8-12/h4-8,11,13-15H,3,9-10H2,1-2H3/t11-,13+,14+/m1/s1. The average molecular weight is 331 g/mol. The highest BCUT2D eigenvalue weighted by Crippen LogP contribution is 2.26. The number of benzene rings is 1. The summed E-state index contributed by atoms with van der Waals surface area (Å²) in [4.78, 5) is 0.183. The predicted octanol–water partition coefficient (Wildman–Crippen LogP) is 1.01. The van der Waals surface area contributed by atoms with E-state index >= 15 is 0 Å². The molecule has 1 aliphatic heterocycles. The molecule has 0 aliphatic carbocycles. The largest absolute Gasteiger partial charge is 0.309 e. The summed E-state index contributed by atoms with van der Waals surface area (Å²) in [6.45, 7) is 3.90. The third-order valence-corrected chi connectivity index (χ3v) is 8.05. The molecule has 0 bridgehead atoms. The van der Waals surface area contributed by atoms with E-state index in [-0.39, 0.29) is 22.4 Å². The van der Waals surface area contributed by atoms with Crippen LogP contribution in [0.5, 0.6) is 0 Å². The van der Waals surface area contributed by atoms with Gasteiger partial charge >= 0.3 is 0 Å². The first kappa shape index (κ1) is 16.5. The lowest BCUT2D eigenvalue weighted by Gasteiger charge is -2.23. The molecule has 1 N–H and O–H groups in total. The molecule has 1 fully saturated rings. The Morgan fingerprint density at radius 2 is 1.86 bits per heavy atom. The van der Waals surface area contributed by atoms with Gasteiger partial charge in [-0.15, -0.1) is 0 Å². The van der Waals surface area contributed by atoms with E-state index in [2.05, 4.69) is 5.32 Å². The minimum Gasteiger partial charge on any atom is -0.309 e. The van der Waals surface area contributed by atoms with Gasteiger partial charge in [-0.3, -0.25) is 0 Å². The molecule has 0 unspecified atom stereocenters. The fraction of sp³-hybridized carbons (Fsp3) is 0.571. The zero-order valence-corrected chi connectivity index (χ0v) is 13.8. The van der Waals surface area contributed by atoms with Crippen LogP contribution in [0.1, 0.15) is 20.3 Å². The molecule has 1 aliphatic rings. The van der Waals surface area contributed by atoms with Crippen molar-refractivity contribution in [3.63, 3.8) is 0 Å². The SMILES string of the molecule is CC[C@@H](C)N[C@H]1CS(=O)(=O)C[C@@H]1S(=O)(=O)c1ccccc1. The molecule has 1 aromatic carbocycles. The van der Waals surface area contributed by atoms with Gasteiger partial charge in [0.15, 0.2) is 19.7 Å². The van der Waals surface area contributed by atoms with Crippen molar-refractivity contribution in [2.45, 2.75) is 42.5 Å². The summed E-state index contributed by atoms with van der Waals surface area (Å²) in [6, 6.07) is 7.59. The molecule has 0 saturated carbocycles. The van der Waals surface area contributed by atoms with Gasteiger partial charge in [-0.1, -0.05) is 25.1 Å². The van der Waals surface area contributed by atoms with Crippen LogP contribution in [-0.2, 0) is 19.7 Å². The minimum atomic E-state index is -3.65. The summed E-state index contributed by atoms with van der Waals surface area (Å²) in [6.07, 6.45) is 0.814. The number of sulfone groups is 2. The second-order valence-corrected chi connectivity index (χ2v) is 9.88. The van der Waals surface area contributed by atoms with Crippen LogP contribution < -0.4 is 5.32 Å². The second kappa shape index (κ2) is 6.06. The molecule has 118 valence electrons. The Labute approximate surface area is 126 Å². The van der Waals surface area contributed by atoms with E-state index in [1.807, 2.05) is 13.8 Å². The van der Waals surface area contributed by atoms with E-state index in [0.29, 0.717) is 0 Å². The van der Waals surface area contributed by atoms with Gasteiger partial charge in [0.25, 0.3) is 0 Å². The first-order valence-corrected chi connectivity index (χ1v) is 10.4. The third-order valence-electron chi connectivity index (χ3n) is 3.88. The zero-order chi connectivity index (χ0) is 15.7. The van der Waals surface area contributed by atoms with E-state index in [0.717, 1.165) is 6.42 Å². The van der Waals surface area contributed by atoms with Crippen molar-refractivity contribution in [3.05, 3.63) is 30.3 Å². The van der Waals surface area contributed by atoms with Gasteiger partial charge in [-0.2, -0.15) is 0 Å². The summed E-state index contributed by atoms with van der Waals surface area (Å²) in [5, 5.41) is 2.23. The summed E-state index contributed by atoms with van der Waals surface area (Å²) in [5.41, 5.74) is 0. The summed E-state index contributed by atoms with van der Waals surface area (Å²) < 4.78 is 49.2. The van der Waals surface area contributed by atoms with Crippen molar-refractivity contribution >= 4 is 19.7 Å². The fourth-order valence-electron chi connectivity index (χ4n) is 2.54. The van der Waals surface area contributed by atoms with E-state index < -0.39 is 31.0 Å².